The number of nitrogens with zero attached hydrogens (tertiary/aromatic N) is 2. The molecule has 0 aromatic carbocycles. The predicted molar refractivity (Wildman–Crippen MR) is 48.0 cm³/mol. The molecule has 0 aliphatic heterocycles. The minimum Gasteiger partial charge on any atom is -0.313 e. The third-order valence-corrected chi connectivity index (χ3v) is 2.33. The van der Waals surface area contributed by atoms with Crippen LogP contribution in [0.5, 0.6) is 0 Å². The average molecular weight is 161 g/mol. The molecular weight excluding hydrogens is 148 g/mol. The molecule has 0 N–H and O–H groups in total. The maximum Gasteiger partial charge on any atom is 0.202 e. The number of aromatic nitrogens is 2. The first-order valence-corrected chi connectivity index (χ1v) is 4.28. The summed E-state index contributed by atoms with van der Waals surface area (Å²) in [5.74, 6) is 0. The summed E-state index contributed by atoms with van der Waals surface area (Å²) in [6.07, 6.45) is 6.27. The van der Waals surface area contributed by atoms with E-state index in [4.69, 9.17) is 0 Å². The molecule has 0 aliphatic carbocycles. The van der Waals surface area contributed by atoms with E-state index >= 15 is 0 Å². The molecule has 2 aromatic heterocycles. The summed E-state index contributed by atoms with van der Waals surface area (Å²) in [5, 5.41) is 0. The molecule has 2 heteroatoms. The molecule has 0 bridgehead atoms. The van der Waals surface area contributed by atoms with Crippen LogP contribution in [0.3, 0.4) is 0 Å². The van der Waals surface area contributed by atoms with E-state index in [0.717, 1.165) is 6.54 Å². The number of fused-ring (bicyclic) bond motifs is 1. The standard InChI is InChI=1S/C10H13N2/c1-3-11-7-8-12-6-4-5-10(12)9(11)2/h4-8H,3H2,1-2H3/q+1. The first-order chi connectivity index (χ1) is 5.83. The van der Waals surface area contributed by atoms with Crippen molar-refractivity contribution in [2.24, 2.45) is 0 Å². The van der Waals surface area contributed by atoms with Gasteiger partial charge in [0.2, 0.25) is 5.69 Å². The van der Waals surface area contributed by atoms with E-state index in [1.807, 2.05) is 0 Å². The molecule has 0 unspecified atom stereocenters. The molecule has 0 fully saturated rings. The average Bonchev–Trinajstić information content (AvgIpc) is 2.53. The lowest BCUT2D eigenvalue weighted by molar-refractivity contribution is -0.698. The number of rotatable bonds is 1. The predicted octanol–water partition coefficient (Wildman–Crippen LogP) is 1.56. The summed E-state index contributed by atoms with van der Waals surface area (Å²) in [6.45, 7) is 5.35. The van der Waals surface area contributed by atoms with Crippen LogP contribution in [0.25, 0.3) is 5.52 Å². The van der Waals surface area contributed by atoms with E-state index in [1.165, 1.54) is 11.2 Å². The van der Waals surface area contributed by atoms with Gasteiger partial charge >= 0.3 is 0 Å². The molecule has 0 amide bonds. The second-order valence-electron chi connectivity index (χ2n) is 2.97. The lowest BCUT2D eigenvalue weighted by Crippen LogP contribution is -2.35. The van der Waals surface area contributed by atoms with Crippen molar-refractivity contribution in [3.05, 3.63) is 36.4 Å². The Labute approximate surface area is 72.1 Å². The van der Waals surface area contributed by atoms with Gasteiger partial charge in [0.15, 0.2) is 6.20 Å². The molecule has 2 aromatic rings. The quantitative estimate of drug-likeness (QED) is 0.561. The summed E-state index contributed by atoms with van der Waals surface area (Å²) < 4.78 is 4.39. The summed E-state index contributed by atoms with van der Waals surface area (Å²) >= 11 is 0. The highest BCUT2D eigenvalue weighted by Gasteiger charge is 2.07. The van der Waals surface area contributed by atoms with Gasteiger partial charge in [0, 0.05) is 13.1 Å². The van der Waals surface area contributed by atoms with Gasteiger partial charge in [-0.1, -0.05) is 0 Å². The zero-order chi connectivity index (χ0) is 8.55. The van der Waals surface area contributed by atoms with Crippen molar-refractivity contribution in [1.29, 1.82) is 0 Å². The van der Waals surface area contributed by atoms with Crippen LogP contribution >= 0.6 is 0 Å². The van der Waals surface area contributed by atoms with Crippen LogP contribution in [0.2, 0.25) is 0 Å². The summed E-state index contributed by atoms with van der Waals surface area (Å²) in [6, 6.07) is 4.21. The molecular formula is C10H13N2+. The Morgan fingerprint density at radius 2 is 2.25 bits per heavy atom. The molecule has 0 atom stereocenters. The fraction of sp³-hybridized carbons (Fsp3) is 0.300. The van der Waals surface area contributed by atoms with Gasteiger partial charge in [0.1, 0.15) is 12.1 Å². The Bertz CT molecular complexity index is 401. The molecule has 0 spiro atoms. The van der Waals surface area contributed by atoms with Crippen molar-refractivity contribution >= 4 is 5.52 Å². The van der Waals surface area contributed by atoms with Gasteiger partial charge in [0.05, 0.1) is 6.20 Å². The van der Waals surface area contributed by atoms with Crippen LogP contribution in [-0.4, -0.2) is 4.40 Å². The fourth-order valence-electron chi connectivity index (χ4n) is 1.58. The van der Waals surface area contributed by atoms with Crippen LogP contribution in [-0.2, 0) is 6.54 Å². The molecule has 0 saturated heterocycles. The summed E-state index contributed by atoms with van der Waals surface area (Å²) in [4.78, 5) is 0. The Balaban J connectivity index is 2.78. The third-order valence-electron chi connectivity index (χ3n) is 2.33. The van der Waals surface area contributed by atoms with Gasteiger partial charge in [-0.2, -0.15) is 4.57 Å². The molecule has 62 valence electrons. The Morgan fingerprint density at radius 3 is 3.00 bits per heavy atom. The van der Waals surface area contributed by atoms with Crippen molar-refractivity contribution in [2.45, 2.75) is 20.4 Å². The van der Waals surface area contributed by atoms with Crippen LogP contribution < -0.4 is 4.57 Å². The van der Waals surface area contributed by atoms with E-state index in [1.54, 1.807) is 0 Å². The van der Waals surface area contributed by atoms with Gasteiger partial charge in [0.25, 0.3) is 0 Å². The molecule has 2 rings (SSSR count). The van der Waals surface area contributed by atoms with Gasteiger partial charge in [-0.05, 0) is 19.1 Å². The normalized spacial score (nSPS) is 10.8. The molecule has 0 saturated carbocycles. The molecule has 0 aliphatic rings. The monoisotopic (exact) mass is 161 g/mol. The number of hydrogen-bond donors (Lipinski definition) is 0. The second-order valence-corrected chi connectivity index (χ2v) is 2.97. The second kappa shape index (κ2) is 2.63. The van der Waals surface area contributed by atoms with Crippen molar-refractivity contribution in [3.8, 4) is 0 Å². The highest BCUT2D eigenvalue weighted by Crippen LogP contribution is 2.05. The lowest BCUT2D eigenvalue weighted by Gasteiger charge is -1.99. The Kier molecular flexibility index (Phi) is 1.61. The van der Waals surface area contributed by atoms with Gasteiger partial charge in [-0.3, -0.25) is 0 Å². The largest absolute Gasteiger partial charge is 0.313 e. The van der Waals surface area contributed by atoms with E-state index in [9.17, 15) is 0 Å². The number of aryl methyl sites for hydroxylation is 2. The maximum absolute atomic E-state index is 2.25. The van der Waals surface area contributed by atoms with Crippen LogP contribution in [0, 0.1) is 6.92 Å². The zero-order valence-corrected chi connectivity index (χ0v) is 7.49. The minimum atomic E-state index is 1.04. The number of hydrogen-bond acceptors (Lipinski definition) is 0. The highest BCUT2D eigenvalue weighted by atomic mass is 15.0. The Morgan fingerprint density at radius 1 is 1.42 bits per heavy atom. The zero-order valence-electron chi connectivity index (χ0n) is 7.49. The molecule has 2 heterocycles. The van der Waals surface area contributed by atoms with Crippen LogP contribution in [0.15, 0.2) is 30.7 Å². The molecule has 0 radical (unpaired) electrons. The summed E-state index contributed by atoms with van der Waals surface area (Å²) in [5.41, 5.74) is 2.62. The van der Waals surface area contributed by atoms with Crippen molar-refractivity contribution < 1.29 is 4.57 Å². The van der Waals surface area contributed by atoms with E-state index in [-0.39, 0.29) is 0 Å². The Hall–Kier alpha value is -1.31. The minimum absolute atomic E-state index is 1.04. The van der Waals surface area contributed by atoms with Gasteiger partial charge in [-0.25, -0.2) is 0 Å². The smallest absolute Gasteiger partial charge is 0.202 e. The van der Waals surface area contributed by atoms with Crippen LogP contribution in [0.4, 0.5) is 0 Å². The lowest BCUT2D eigenvalue weighted by atomic mass is 10.3. The molecule has 2 nitrogen and oxygen atoms in total. The topological polar surface area (TPSA) is 8.29 Å². The maximum atomic E-state index is 2.25. The van der Waals surface area contributed by atoms with E-state index in [0.29, 0.717) is 0 Å². The summed E-state index contributed by atoms with van der Waals surface area (Å²) in [7, 11) is 0. The van der Waals surface area contributed by atoms with Crippen molar-refractivity contribution in [2.75, 3.05) is 0 Å². The SMILES string of the molecule is CC[n+]1ccn2cccc2c1C. The van der Waals surface area contributed by atoms with Gasteiger partial charge < -0.3 is 4.40 Å². The van der Waals surface area contributed by atoms with Crippen molar-refractivity contribution in [3.63, 3.8) is 0 Å². The first-order valence-electron chi connectivity index (χ1n) is 4.28. The van der Waals surface area contributed by atoms with Crippen LogP contribution in [0.1, 0.15) is 12.6 Å². The van der Waals surface area contributed by atoms with E-state index in [2.05, 4.69) is 53.5 Å². The fourth-order valence-corrected chi connectivity index (χ4v) is 1.58. The first kappa shape index (κ1) is 7.35. The highest BCUT2D eigenvalue weighted by molar-refractivity contribution is 5.49. The molecule has 12 heavy (non-hydrogen) atoms. The van der Waals surface area contributed by atoms with Crippen molar-refractivity contribution in [1.82, 2.24) is 4.40 Å². The third kappa shape index (κ3) is 0.916. The van der Waals surface area contributed by atoms with E-state index < -0.39 is 0 Å². The van der Waals surface area contributed by atoms with Gasteiger partial charge in [-0.15, -0.1) is 0 Å².